The van der Waals surface area contributed by atoms with Crippen LogP contribution in [-0.2, 0) is 4.79 Å². The summed E-state index contributed by atoms with van der Waals surface area (Å²) >= 11 is 0. The van der Waals surface area contributed by atoms with E-state index >= 15 is 0 Å². The van der Waals surface area contributed by atoms with E-state index in [2.05, 4.69) is 43.4 Å². The van der Waals surface area contributed by atoms with Gasteiger partial charge < -0.3 is 10.4 Å². The summed E-state index contributed by atoms with van der Waals surface area (Å²) in [5.41, 5.74) is 3.23. The summed E-state index contributed by atoms with van der Waals surface area (Å²) in [4.78, 5) is 10.8. The van der Waals surface area contributed by atoms with Crippen molar-refractivity contribution in [1.82, 2.24) is 0 Å². The highest BCUT2D eigenvalue weighted by Crippen LogP contribution is 2.42. The Kier molecular flexibility index (Phi) is 5.71. The van der Waals surface area contributed by atoms with Crippen LogP contribution >= 0.6 is 0 Å². The van der Waals surface area contributed by atoms with Crippen LogP contribution in [-0.4, -0.2) is 17.1 Å². The number of hydrogen-bond donors (Lipinski definition) is 2. The van der Waals surface area contributed by atoms with E-state index in [1.54, 1.807) is 0 Å². The van der Waals surface area contributed by atoms with Crippen LogP contribution in [0.25, 0.3) is 0 Å². The van der Waals surface area contributed by atoms with Gasteiger partial charge in [0.2, 0.25) is 0 Å². The fraction of sp³-hybridized carbons (Fsp3) is 0.682. The van der Waals surface area contributed by atoms with Gasteiger partial charge in [-0.05, 0) is 86.3 Å². The highest BCUT2D eigenvalue weighted by atomic mass is 16.4. The Hall–Kier alpha value is -1.51. The van der Waals surface area contributed by atoms with Gasteiger partial charge in [0.25, 0.3) is 0 Å². The van der Waals surface area contributed by atoms with E-state index in [1.807, 2.05) is 0 Å². The molecule has 0 spiro atoms. The number of hydrogen-bond acceptors (Lipinski definition) is 2. The molecule has 1 aromatic carbocycles. The standard InChI is InChI=1S/C22H33NO2/c1-22(2)13-11-18(12-14-22)17-5-9-20(10-6-17)23-19-7-3-16(4-8-19)15-21(24)25/h5-6,9-10,16,18-19,23H,3-4,7-8,11-15H2,1-2H3,(H,24,25). The van der Waals surface area contributed by atoms with Crippen LogP contribution in [0.15, 0.2) is 24.3 Å². The minimum absolute atomic E-state index is 0.333. The first-order chi connectivity index (χ1) is 11.9. The lowest BCUT2D eigenvalue weighted by atomic mass is 9.71. The van der Waals surface area contributed by atoms with Gasteiger partial charge in [-0.15, -0.1) is 0 Å². The van der Waals surface area contributed by atoms with Crippen molar-refractivity contribution < 1.29 is 9.90 Å². The Balaban J connectivity index is 1.48. The summed E-state index contributed by atoms with van der Waals surface area (Å²) in [7, 11) is 0. The van der Waals surface area contributed by atoms with E-state index in [1.165, 1.54) is 36.9 Å². The third kappa shape index (κ3) is 5.23. The van der Waals surface area contributed by atoms with E-state index in [-0.39, 0.29) is 0 Å². The van der Waals surface area contributed by atoms with Crippen LogP contribution in [0.3, 0.4) is 0 Å². The Morgan fingerprint density at radius 1 is 1.04 bits per heavy atom. The SMILES string of the molecule is CC1(C)CCC(c2ccc(NC3CCC(CC(=O)O)CC3)cc2)CC1. The topological polar surface area (TPSA) is 49.3 Å². The van der Waals surface area contributed by atoms with Crippen LogP contribution in [0.1, 0.15) is 83.1 Å². The molecule has 3 nitrogen and oxygen atoms in total. The van der Waals surface area contributed by atoms with Crippen molar-refractivity contribution in [2.75, 3.05) is 5.32 Å². The molecule has 2 aliphatic rings. The van der Waals surface area contributed by atoms with Crippen molar-refractivity contribution in [3.05, 3.63) is 29.8 Å². The summed E-state index contributed by atoms with van der Waals surface area (Å²) in [5, 5.41) is 12.6. The van der Waals surface area contributed by atoms with Crippen LogP contribution in [0.5, 0.6) is 0 Å². The molecule has 0 saturated heterocycles. The van der Waals surface area contributed by atoms with Gasteiger partial charge >= 0.3 is 5.97 Å². The maximum atomic E-state index is 10.8. The number of carboxylic acids is 1. The van der Waals surface area contributed by atoms with Gasteiger partial charge in [0.1, 0.15) is 0 Å². The van der Waals surface area contributed by atoms with Gasteiger partial charge in [-0.1, -0.05) is 26.0 Å². The number of benzene rings is 1. The molecule has 2 saturated carbocycles. The van der Waals surface area contributed by atoms with Crippen molar-refractivity contribution >= 4 is 11.7 Å². The summed E-state index contributed by atoms with van der Waals surface area (Å²) in [6.07, 6.45) is 9.84. The number of carbonyl (C=O) groups is 1. The Morgan fingerprint density at radius 3 is 2.20 bits per heavy atom. The molecule has 138 valence electrons. The summed E-state index contributed by atoms with van der Waals surface area (Å²) in [5.74, 6) is 0.445. The van der Waals surface area contributed by atoms with Crippen LogP contribution in [0.2, 0.25) is 0 Å². The van der Waals surface area contributed by atoms with Gasteiger partial charge in [0.15, 0.2) is 0 Å². The Morgan fingerprint density at radius 2 is 1.64 bits per heavy atom. The summed E-state index contributed by atoms with van der Waals surface area (Å²) in [6, 6.07) is 9.57. The highest BCUT2D eigenvalue weighted by Gasteiger charge is 2.27. The molecule has 3 rings (SSSR count). The first kappa shape index (κ1) is 18.3. The van der Waals surface area contributed by atoms with Crippen LogP contribution in [0, 0.1) is 11.3 Å². The number of anilines is 1. The summed E-state index contributed by atoms with van der Waals surface area (Å²) in [6.45, 7) is 4.78. The molecule has 0 atom stereocenters. The lowest BCUT2D eigenvalue weighted by molar-refractivity contribution is -0.138. The predicted octanol–water partition coefficient (Wildman–Crippen LogP) is 5.82. The minimum atomic E-state index is -0.655. The molecule has 0 heterocycles. The van der Waals surface area contributed by atoms with Gasteiger partial charge in [0, 0.05) is 18.2 Å². The largest absolute Gasteiger partial charge is 0.481 e. The van der Waals surface area contributed by atoms with Gasteiger partial charge in [-0.2, -0.15) is 0 Å². The van der Waals surface area contributed by atoms with E-state index in [0.29, 0.717) is 23.8 Å². The first-order valence-corrected chi connectivity index (χ1v) is 9.99. The van der Waals surface area contributed by atoms with Crippen molar-refractivity contribution in [2.24, 2.45) is 11.3 Å². The second-order valence-corrected chi connectivity index (χ2v) is 9.02. The molecule has 0 unspecified atom stereocenters. The van der Waals surface area contributed by atoms with E-state index in [9.17, 15) is 4.79 Å². The van der Waals surface area contributed by atoms with Crippen molar-refractivity contribution in [2.45, 2.75) is 83.6 Å². The Bertz CT molecular complexity index is 560. The second kappa shape index (κ2) is 7.80. The first-order valence-electron chi connectivity index (χ1n) is 9.99. The predicted molar refractivity (Wildman–Crippen MR) is 103 cm³/mol. The van der Waals surface area contributed by atoms with Gasteiger partial charge in [-0.3, -0.25) is 4.79 Å². The molecule has 3 heteroatoms. The monoisotopic (exact) mass is 343 g/mol. The molecule has 2 aliphatic carbocycles. The quantitative estimate of drug-likeness (QED) is 0.708. The smallest absolute Gasteiger partial charge is 0.303 e. The van der Waals surface area contributed by atoms with Crippen molar-refractivity contribution in [3.8, 4) is 0 Å². The normalized spacial score (nSPS) is 27.0. The molecule has 0 aromatic heterocycles. The zero-order valence-electron chi connectivity index (χ0n) is 15.8. The molecule has 2 fully saturated rings. The highest BCUT2D eigenvalue weighted by molar-refractivity contribution is 5.67. The number of nitrogens with one attached hydrogen (secondary N) is 1. The molecule has 0 radical (unpaired) electrons. The third-order valence-corrected chi connectivity index (χ3v) is 6.40. The van der Waals surface area contributed by atoms with Gasteiger partial charge in [-0.25, -0.2) is 0 Å². The fourth-order valence-corrected chi connectivity index (χ4v) is 4.58. The Labute approximate surface area is 152 Å². The third-order valence-electron chi connectivity index (χ3n) is 6.40. The average molecular weight is 344 g/mol. The average Bonchev–Trinajstić information content (AvgIpc) is 2.57. The molecule has 0 aliphatic heterocycles. The zero-order valence-corrected chi connectivity index (χ0v) is 15.8. The van der Waals surface area contributed by atoms with Gasteiger partial charge in [0.05, 0.1) is 0 Å². The van der Waals surface area contributed by atoms with E-state index < -0.39 is 5.97 Å². The molecule has 2 N–H and O–H groups in total. The molecule has 1 aromatic rings. The summed E-state index contributed by atoms with van der Waals surface area (Å²) < 4.78 is 0. The zero-order chi connectivity index (χ0) is 17.9. The molecular weight excluding hydrogens is 310 g/mol. The molecule has 0 amide bonds. The molecule has 25 heavy (non-hydrogen) atoms. The van der Waals surface area contributed by atoms with Crippen LogP contribution < -0.4 is 5.32 Å². The number of aliphatic carboxylic acids is 1. The minimum Gasteiger partial charge on any atom is -0.481 e. The van der Waals surface area contributed by atoms with Crippen molar-refractivity contribution in [1.29, 1.82) is 0 Å². The van der Waals surface area contributed by atoms with Crippen LogP contribution in [0.4, 0.5) is 5.69 Å². The second-order valence-electron chi connectivity index (χ2n) is 9.02. The van der Waals surface area contributed by atoms with Crippen molar-refractivity contribution in [3.63, 3.8) is 0 Å². The molecular formula is C22H33NO2. The number of carboxylic acid groups (broad SMARTS) is 1. The lowest BCUT2D eigenvalue weighted by Gasteiger charge is -2.34. The molecule has 0 bridgehead atoms. The maximum Gasteiger partial charge on any atom is 0.303 e. The fourth-order valence-electron chi connectivity index (χ4n) is 4.58. The maximum absolute atomic E-state index is 10.8. The number of rotatable bonds is 5. The van der Waals surface area contributed by atoms with E-state index in [4.69, 9.17) is 5.11 Å². The lowest BCUT2D eigenvalue weighted by Crippen LogP contribution is -2.27. The van der Waals surface area contributed by atoms with E-state index in [0.717, 1.165) is 31.6 Å².